The van der Waals surface area contributed by atoms with Crippen LogP contribution >= 0.6 is 0 Å². The minimum Gasteiger partial charge on any atom is -0.370 e. The van der Waals surface area contributed by atoms with E-state index in [-0.39, 0.29) is 5.54 Å². The molecule has 1 aliphatic rings. The molecule has 2 N–H and O–H groups in total. The number of piperidine rings is 1. The van der Waals surface area contributed by atoms with E-state index in [9.17, 15) is 0 Å². The van der Waals surface area contributed by atoms with E-state index in [1.54, 1.807) is 6.33 Å². The van der Waals surface area contributed by atoms with Crippen LogP contribution in [0, 0.1) is 5.92 Å². The summed E-state index contributed by atoms with van der Waals surface area (Å²) in [5.41, 5.74) is 6.00. The summed E-state index contributed by atoms with van der Waals surface area (Å²) in [5, 5.41) is 4.27. The minimum atomic E-state index is -0.0866. The average molecular weight is 278 g/mol. The fourth-order valence-corrected chi connectivity index (χ4v) is 2.42. The summed E-state index contributed by atoms with van der Waals surface area (Å²) in [5.74, 6) is 2.27. The smallest absolute Gasteiger partial charge is 0.191 e. The number of aliphatic imine (C=N–C) groups is 1. The van der Waals surface area contributed by atoms with Crippen LogP contribution in [0.4, 0.5) is 0 Å². The van der Waals surface area contributed by atoms with Gasteiger partial charge in [0.25, 0.3) is 0 Å². The number of guanidine groups is 1. The molecular weight excluding hydrogens is 252 g/mol. The second-order valence-electron chi connectivity index (χ2n) is 6.60. The number of hydrogen-bond donors (Lipinski definition) is 1. The Labute approximate surface area is 121 Å². The Balaban J connectivity index is 2.00. The van der Waals surface area contributed by atoms with Crippen LogP contribution in [0.2, 0.25) is 0 Å². The lowest BCUT2D eigenvalue weighted by molar-refractivity contribution is 0.277. The average Bonchev–Trinajstić information content (AvgIpc) is 2.85. The fraction of sp³-hybridized carbons (Fsp3) is 0.786. The zero-order valence-corrected chi connectivity index (χ0v) is 13.0. The highest BCUT2D eigenvalue weighted by Crippen LogP contribution is 2.16. The van der Waals surface area contributed by atoms with Crippen LogP contribution in [0.1, 0.15) is 46.4 Å². The first kappa shape index (κ1) is 14.8. The third-order valence-electron chi connectivity index (χ3n) is 3.74. The van der Waals surface area contributed by atoms with Gasteiger partial charge in [0.2, 0.25) is 0 Å². The van der Waals surface area contributed by atoms with Gasteiger partial charge in [-0.05, 0) is 39.5 Å². The van der Waals surface area contributed by atoms with Crippen LogP contribution in [0.3, 0.4) is 0 Å². The molecule has 0 aromatic carbocycles. The third kappa shape index (κ3) is 3.49. The molecule has 0 aliphatic carbocycles. The zero-order valence-electron chi connectivity index (χ0n) is 13.0. The van der Waals surface area contributed by atoms with Crippen molar-refractivity contribution in [2.75, 3.05) is 13.1 Å². The monoisotopic (exact) mass is 278 g/mol. The van der Waals surface area contributed by atoms with Crippen molar-refractivity contribution in [1.29, 1.82) is 0 Å². The van der Waals surface area contributed by atoms with Crippen LogP contribution in [-0.4, -0.2) is 38.7 Å². The van der Waals surface area contributed by atoms with Gasteiger partial charge in [-0.1, -0.05) is 6.92 Å². The number of aromatic nitrogens is 3. The Morgan fingerprint density at radius 2 is 2.05 bits per heavy atom. The van der Waals surface area contributed by atoms with Gasteiger partial charge in [-0.3, -0.25) is 0 Å². The van der Waals surface area contributed by atoms with Crippen molar-refractivity contribution in [1.82, 2.24) is 19.7 Å². The quantitative estimate of drug-likeness (QED) is 0.658. The maximum atomic E-state index is 6.09. The van der Waals surface area contributed by atoms with E-state index in [0.29, 0.717) is 12.5 Å². The van der Waals surface area contributed by atoms with E-state index in [1.807, 2.05) is 4.68 Å². The third-order valence-corrected chi connectivity index (χ3v) is 3.74. The first-order chi connectivity index (χ1) is 9.38. The van der Waals surface area contributed by atoms with Gasteiger partial charge in [0, 0.05) is 13.1 Å². The van der Waals surface area contributed by atoms with Crippen LogP contribution < -0.4 is 5.73 Å². The highest BCUT2D eigenvalue weighted by molar-refractivity contribution is 5.78. The van der Waals surface area contributed by atoms with Crippen LogP contribution in [-0.2, 0) is 12.1 Å². The number of hydrogen-bond acceptors (Lipinski definition) is 3. The van der Waals surface area contributed by atoms with Gasteiger partial charge >= 0.3 is 0 Å². The zero-order chi connectivity index (χ0) is 14.8. The molecule has 0 unspecified atom stereocenters. The fourth-order valence-electron chi connectivity index (χ4n) is 2.42. The topological polar surface area (TPSA) is 72.3 Å². The standard InChI is InChI=1S/C14H26N6/c1-11-5-7-19(8-6-11)13(15)16-9-12-17-10-18-20(12)14(2,3)4/h10-11H,5-9H2,1-4H3,(H2,15,16). The summed E-state index contributed by atoms with van der Waals surface area (Å²) >= 11 is 0. The Kier molecular flexibility index (Phi) is 4.30. The maximum Gasteiger partial charge on any atom is 0.191 e. The van der Waals surface area contributed by atoms with Gasteiger partial charge in [-0.2, -0.15) is 5.10 Å². The van der Waals surface area contributed by atoms with Gasteiger partial charge in [-0.15, -0.1) is 0 Å². The second kappa shape index (κ2) is 5.81. The Morgan fingerprint density at radius 1 is 1.40 bits per heavy atom. The molecule has 112 valence electrons. The van der Waals surface area contributed by atoms with Crippen molar-refractivity contribution in [2.24, 2.45) is 16.6 Å². The SMILES string of the molecule is CC1CCN(C(N)=NCc2ncnn2C(C)(C)C)CC1. The molecule has 1 fully saturated rings. The summed E-state index contributed by atoms with van der Waals surface area (Å²) in [6, 6.07) is 0. The molecule has 0 atom stereocenters. The van der Waals surface area contributed by atoms with Crippen molar-refractivity contribution in [2.45, 2.75) is 52.6 Å². The van der Waals surface area contributed by atoms with Gasteiger partial charge in [-0.25, -0.2) is 14.7 Å². The normalized spacial score (nSPS) is 18.6. The number of nitrogens with zero attached hydrogens (tertiary/aromatic N) is 5. The molecule has 6 heteroatoms. The van der Waals surface area contributed by atoms with Crippen LogP contribution in [0.5, 0.6) is 0 Å². The lowest BCUT2D eigenvalue weighted by Gasteiger charge is -2.31. The molecule has 0 bridgehead atoms. The van der Waals surface area contributed by atoms with Gasteiger partial charge in [0.15, 0.2) is 5.96 Å². The summed E-state index contributed by atoms with van der Waals surface area (Å²) in [6.07, 6.45) is 3.96. The minimum absolute atomic E-state index is 0.0866. The summed E-state index contributed by atoms with van der Waals surface area (Å²) in [4.78, 5) is 10.9. The van der Waals surface area contributed by atoms with Crippen LogP contribution in [0.15, 0.2) is 11.3 Å². The summed E-state index contributed by atoms with van der Waals surface area (Å²) < 4.78 is 1.90. The Hall–Kier alpha value is -1.59. The second-order valence-corrected chi connectivity index (χ2v) is 6.60. The molecule has 1 aromatic heterocycles. The van der Waals surface area contributed by atoms with E-state index >= 15 is 0 Å². The molecule has 0 saturated carbocycles. The lowest BCUT2D eigenvalue weighted by atomic mass is 10.00. The van der Waals surface area contributed by atoms with E-state index < -0.39 is 0 Å². The summed E-state index contributed by atoms with van der Waals surface area (Å²) in [6.45, 7) is 11.1. The maximum absolute atomic E-state index is 6.09. The van der Waals surface area contributed by atoms with Crippen molar-refractivity contribution in [3.8, 4) is 0 Å². The predicted molar refractivity (Wildman–Crippen MR) is 80.3 cm³/mol. The first-order valence-electron chi connectivity index (χ1n) is 7.32. The van der Waals surface area contributed by atoms with Crippen molar-refractivity contribution in [3.63, 3.8) is 0 Å². The van der Waals surface area contributed by atoms with Crippen molar-refractivity contribution < 1.29 is 0 Å². The largest absolute Gasteiger partial charge is 0.370 e. The molecule has 1 aromatic rings. The highest BCUT2D eigenvalue weighted by Gasteiger charge is 2.19. The van der Waals surface area contributed by atoms with Gasteiger partial charge < -0.3 is 10.6 Å². The molecule has 6 nitrogen and oxygen atoms in total. The molecule has 2 heterocycles. The molecule has 2 rings (SSSR count). The first-order valence-corrected chi connectivity index (χ1v) is 7.32. The molecule has 20 heavy (non-hydrogen) atoms. The molecule has 0 amide bonds. The molecule has 1 saturated heterocycles. The van der Waals surface area contributed by atoms with Crippen molar-refractivity contribution >= 4 is 5.96 Å². The number of likely N-dealkylation sites (tertiary alicyclic amines) is 1. The van der Waals surface area contributed by atoms with Gasteiger partial charge in [0.1, 0.15) is 18.7 Å². The highest BCUT2D eigenvalue weighted by atomic mass is 15.4. The predicted octanol–water partition coefficient (Wildman–Crippen LogP) is 1.58. The van der Waals surface area contributed by atoms with Crippen molar-refractivity contribution in [3.05, 3.63) is 12.2 Å². The molecule has 1 aliphatic heterocycles. The molecule has 0 spiro atoms. The Bertz CT molecular complexity index is 462. The molecule has 0 radical (unpaired) electrons. The van der Waals surface area contributed by atoms with Gasteiger partial charge in [0.05, 0.1) is 5.54 Å². The van der Waals surface area contributed by atoms with E-state index in [1.165, 1.54) is 12.8 Å². The summed E-state index contributed by atoms with van der Waals surface area (Å²) in [7, 11) is 0. The number of rotatable bonds is 2. The number of nitrogens with two attached hydrogens (primary N) is 1. The Morgan fingerprint density at radius 3 is 2.65 bits per heavy atom. The molecular formula is C14H26N6. The lowest BCUT2D eigenvalue weighted by Crippen LogP contribution is -2.42. The van der Waals surface area contributed by atoms with Crippen LogP contribution in [0.25, 0.3) is 0 Å². The van der Waals surface area contributed by atoms with E-state index in [2.05, 4.69) is 47.7 Å². The van der Waals surface area contributed by atoms with E-state index in [4.69, 9.17) is 5.73 Å². The van der Waals surface area contributed by atoms with E-state index in [0.717, 1.165) is 24.8 Å².